The number of hydrogen-bond donors (Lipinski definition) is 0. The van der Waals surface area contributed by atoms with E-state index in [0.717, 1.165) is 22.5 Å². The van der Waals surface area contributed by atoms with Gasteiger partial charge in [-0.3, -0.25) is 0 Å². The molecule has 0 saturated heterocycles. The van der Waals surface area contributed by atoms with Crippen LogP contribution in [0, 0.1) is 12.1 Å². The fraction of sp³-hybridized carbons (Fsp3) is 0.130. The van der Waals surface area contributed by atoms with Crippen LogP contribution in [0.2, 0.25) is 0 Å². The molecule has 49 heavy (non-hydrogen) atoms. The molecule has 0 bridgehead atoms. The molecule has 2 nitrogen and oxygen atoms in total. The van der Waals surface area contributed by atoms with Gasteiger partial charge in [0.15, 0.2) is 0 Å². The van der Waals surface area contributed by atoms with Gasteiger partial charge in [-0.25, -0.2) is 0 Å². The number of rotatable bonds is 5. The van der Waals surface area contributed by atoms with Gasteiger partial charge in [0.25, 0.3) is 0 Å². The van der Waals surface area contributed by atoms with E-state index in [1.165, 1.54) is 54.6 Å². The van der Waals surface area contributed by atoms with Crippen LogP contribution in [-0.2, 0) is 20.1 Å². The van der Waals surface area contributed by atoms with Crippen molar-refractivity contribution >= 4 is 32.3 Å². The summed E-state index contributed by atoms with van der Waals surface area (Å²) in [6, 6.07) is 53.6. The quantitative estimate of drug-likeness (QED) is 0.128. The Bertz CT molecular complexity index is 2260. The van der Waals surface area contributed by atoms with Gasteiger partial charge in [0.2, 0.25) is 0 Å². The van der Waals surface area contributed by atoms with Crippen molar-refractivity contribution in [2.24, 2.45) is 0 Å². The fourth-order valence-electron chi connectivity index (χ4n) is 6.30. The first kappa shape index (κ1) is 33.9. The number of nitrogens with zero attached hydrogens (tertiary/aromatic N) is 2. The summed E-state index contributed by atoms with van der Waals surface area (Å²) in [7, 11) is 0. The molecular weight excluding hydrogens is 773 g/mol. The molecule has 8 rings (SSSR count). The van der Waals surface area contributed by atoms with Crippen LogP contribution in [0.4, 0.5) is 0 Å². The zero-order valence-corrected chi connectivity index (χ0v) is 30.6. The van der Waals surface area contributed by atoms with Gasteiger partial charge < -0.3 is 9.97 Å². The molecule has 0 aliphatic heterocycles. The molecule has 0 unspecified atom stereocenters. The summed E-state index contributed by atoms with van der Waals surface area (Å²) in [5.41, 5.74) is 9.09. The van der Waals surface area contributed by atoms with E-state index in [0.29, 0.717) is 11.8 Å². The van der Waals surface area contributed by atoms with E-state index in [1.807, 2.05) is 48.7 Å². The minimum absolute atomic E-state index is 0. The van der Waals surface area contributed by atoms with Crippen molar-refractivity contribution in [2.75, 3.05) is 0 Å². The summed E-state index contributed by atoms with van der Waals surface area (Å²) in [5.74, 6) is 0.905. The molecular formula is C46H38IrN2-2. The van der Waals surface area contributed by atoms with Gasteiger partial charge in [0.1, 0.15) is 0 Å². The van der Waals surface area contributed by atoms with Crippen molar-refractivity contribution < 1.29 is 20.1 Å². The fourth-order valence-corrected chi connectivity index (χ4v) is 6.30. The van der Waals surface area contributed by atoms with Crippen molar-refractivity contribution in [1.29, 1.82) is 0 Å². The van der Waals surface area contributed by atoms with Crippen molar-refractivity contribution in [1.82, 2.24) is 9.97 Å². The van der Waals surface area contributed by atoms with Crippen LogP contribution in [0.25, 0.3) is 66.0 Å². The summed E-state index contributed by atoms with van der Waals surface area (Å²) in [6.45, 7) is 8.96. The molecule has 0 saturated carbocycles. The molecule has 0 fully saturated rings. The Morgan fingerprint density at radius 3 is 2.00 bits per heavy atom. The molecule has 243 valence electrons. The Labute approximate surface area is 303 Å². The normalized spacial score (nSPS) is 11.1. The molecule has 0 aliphatic carbocycles. The first-order valence-electron chi connectivity index (χ1n) is 16.7. The minimum Gasteiger partial charge on any atom is -0.305 e. The van der Waals surface area contributed by atoms with Crippen LogP contribution in [0.5, 0.6) is 0 Å². The number of pyridine rings is 2. The molecule has 0 atom stereocenters. The molecule has 0 N–H and O–H groups in total. The van der Waals surface area contributed by atoms with Crippen molar-refractivity contribution in [3.05, 3.63) is 169 Å². The molecule has 6 aromatic carbocycles. The SMILES string of the molecule is CC(C)c1[c-]c(-c2nccc3c2ccc2c4ccccc4ccc32)cc(C(C)C)c1.[Ir].[c-]1ccc(-c2ccccc2)cc1-c1ccccn1. The van der Waals surface area contributed by atoms with Gasteiger partial charge in [-0.2, -0.15) is 0 Å². The Kier molecular flexibility index (Phi) is 10.4. The van der Waals surface area contributed by atoms with Gasteiger partial charge >= 0.3 is 0 Å². The van der Waals surface area contributed by atoms with E-state index < -0.39 is 0 Å². The summed E-state index contributed by atoms with van der Waals surface area (Å²) in [5, 5.41) is 7.58. The third-order valence-electron chi connectivity index (χ3n) is 8.97. The van der Waals surface area contributed by atoms with Crippen molar-refractivity contribution in [3.63, 3.8) is 0 Å². The standard InChI is InChI=1S/C29H26N.C17H12N.Ir/c1-18(2)21-15-22(19(3)4)17-23(16-21)29-28-12-11-25-24-8-6-5-7-20(24)9-10-26(25)27(28)13-14-30-29;1-2-7-14(8-3-1)15-9-6-10-16(13-15)17-11-4-5-12-18-17;/h5-16,18-19H,1-4H3;1-9,11-13H;/q2*-1;. The van der Waals surface area contributed by atoms with Crippen LogP contribution in [0.15, 0.2) is 146 Å². The molecule has 8 aromatic rings. The summed E-state index contributed by atoms with van der Waals surface area (Å²) >= 11 is 0. The number of fused-ring (bicyclic) bond motifs is 5. The number of aromatic nitrogens is 2. The molecule has 0 aliphatic rings. The van der Waals surface area contributed by atoms with E-state index in [9.17, 15) is 0 Å². The average Bonchev–Trinajstić information content (AvgIpc) is 3.15. The second-order valence-corrected chi connectivity index (χ2v) is 12.9. The largest absolute Gasteiger partial charge is 0.305 e. The number of benzene rings is 6. The van der Waals surface area contributed by atoms with Gasteiger partial charge in [-0.1, -0.05) is 119 Å². The zero-order chi connectivity index (χ0) is 33.0. The zero-order valence-electron chi connectivity index (χ0n) is 28.2. The van der Waals surface area contributed by atoms with E-state index in [-0.39, 0.29) is 20.1 Å². The maximum atomic E-state index is 4.82. The van der Waals surface area contributed by atoms with E-state index in [4.69, 9.17) is 4.98 Å². The molecule has 3 heteroatoms. The van der Waals surface area contributed by atoms with Gasteiger partial charge in [0.05, 0.1) is 0 Å². The van der Waals surface area contributed by atoms with Gasteiger partial charge in [0, 0.05) is 32.5 Å². The Balaban J connectivity index is 0.000000188. The van der Waals surface area contributed by atoms with Crippen LogP contribution in [0.1, 0.15) is 50.7 Å². The Morgan fingerprint density at radius 1 is 0.510 bits per heavy atom. The van der Waals surface area contributed by atoms with Crippen LogP contribution in [0.3, 0.4) is 0 Å². The van der Waals surface area contributed by atoms with E-state index in [1.54, 1.807) is 6.20 Å². The topological polar surface area (TPSA) is 25.8 Å². The molecule has 1 radical (unpaired) electrons. The summed E-state index contributed by atoms with van der Waals surface area (Å²) < 4.78 is 0. The third-order valence-corrected chi connectivity index (χ3v) is 8.97. The Hall–Kier alpha value is -4.95. The smallest absolute Gasteiger partial charge is 0.0167 e. The van der Waals surface area contributed by atoms with Crippen molar-refractivity contribution in [3.8, 4) is 33.6 Å². The van der Waals surface area contributed by atoms with Crippen molar-refractivity contribution in [2.45, 2.75) is 39.5 Å². The van der Waals surface area contributed by atoms with E-state index >= 15 is 0 Å². The maximum absolute atomic E-state index is 4.82. The van der Waals surface area contributed by atoms with Gasteiger partial charge in [-0.05, 0) is 73.2 Å². The minimum atomic E-state index is 0. The maximum Gasteiger partial charge on any atom is 0.0167 e. The van der Waals surface area contributed by atoms with Crippen LogP contribution >= 0.6 is 0 Å². The first-order chi connectivity index (χ1) is 23.5. The second kappa shape index (κ2) is 15.1. The third kappa shape index (κ3) is 7.25. The monoisotopic (exact) mass is 811 g/mol. The molecule has 0 amide bonds. The average molecular weight is 811 g/mol. The predicted molar refractivity (Wildman–Crippen MR) is 203 cm³/mol. The summed E-state index contributed by atoms with van der Waals surface area (Å²) in [4.78, 5) is 9.17. The van der Waals surface area contributed by atoms with Gasteiger partial charge in [-0.15, -0.1) is 70.3 Å². The van der Waals surface area contributed by atoms with Crippen LogP contribution in [-0.4, -0.2) is 9.97 Å². The summed E-state index contributed by atoms with van der Waals surface area (Å²) in [6.07, 6.45) is 3.75. The van der Waals surface area contributed by atoms with E-state index in [2.05, 4.69) is 136 Å². The molecule has 0 spiro atoms. The van der Waals surface area contributed by atoms with Crippen LogP contribution < -0.4 is 0 Å². The number of hydrogen-bond acceptors (Lipinski definition) is 2. The first-order valence-corrected chi connectivity index (χ1v) is 16.7. The Morgan fingerprint density at radius 2 is 1.22 bits per heavy atom. The molecule has 2 aromatic heterocycles. The predicted octanol–water partition coefficient (Wildman–Crippen LogP) is 12.5. The molecule has 2 heterocycles. The second-order valence-electron chi connectivity index (χ2n) is 12.9.